The summed E-state index contributed by atoms with van der Waals surface area (Å²) in [5, 5.41) is 5.36. The number of nitrogens with zero attached hydrogens (tertiary/aromatic N) is 1. The summed E-state index contributed by atoms with van der Waals surface area (Å²) in [7, 11) is 0. The average molecular weight is 634 g/mol. The predicted molar refractivity (Wildman–Crippen MR) is 184 cm³/mol. The lowest BCUT2D eigenvalue weighted by Crippen LogP contribution is -2.60. The number of carbonyl (C=O) groups is 3. The Labute approximate surface area is 268 Å². The van der Waals surface area contributed by atoms with Crippen molar-refractivity contribution in [3.05, 3.63) is 145 Å². The number of likely N-dealkylation sites (tertiary alicyclic amines) is 1. The summed E-state index contributed by atoms with van der Waals surface area (Å²) < 4.78 is 11.1. The van der Waals surface area contributed by atoms with Crippen LogP contribution in [0.4, 0.5) is 0 Å². The molecule has 1 fully saturated rings. The van der Waals surface area contributed by atoms with Crippen LogP contribution in [0.25, 0.3) is 0 Å². The monoisotopic (exact) mass is 633 g/mol. The largest absolute Gasteiger partial charge is 0.463 e. The summed E-state index contributed by atoms with van der Waals surface area (Å²) in [4.78, 5) is 42.2. The molecule has 1 atom stereocenters. The van der Waals surface area contributed by atoms with Gasteiger partial charge in [0.15, 0.2) is 0 Å². The van der Waals surface area contributed by atoms with E-state index in [-0.39, 0.29) is 31.0 Å². The highest BCUT2D eigenvalue weighted by molar-refractivity contribution is 7.96. The average Bonchev–Trinajstić information content (AvgIpc) is 3.09. The van der Waals surface area contributed by atoms with Crippen LogP contribution in [0, 0.1) is 0 Å². The van der Waals surface area contributed by atoms with Crippen LogP contribution >= 0.6 is 19.1 Å². The molecule has 8 heteroatoms. The highest BCUT2D eigenvalue weighted by Crippen LogP contribution is 2.49. The first-order valence-electron chi connectivity index (χ1n) is 14.6. The SMILES string of the molecule is CCOC(=O)C=CC(=C=S)C1CC(=O)N1C(C(=O)OCc1ccccc1)=P(c1ccccc1)(c1ccccc1)c1ccccc1. The van der Waals surface area contributed by atoms with E-state index in [2.05, 4.69) is 5.02 Å². The molecule has 1 aliphatic rings. The molecular formula is C37H32NO5PS. The Morgan fingerprint density at radius 1 is 0.800 bits per heavy atom. The lowest BCUT2D eigenvalue weighted by molar-refractivity contribution is -0.143. The van der Waals surface area contributed by atoms with Gasteiger partial charge in [-0.05, 0) is 51.7 Å². The maximum Gasteiger partial charge on any atom is 0.356 e. The molecule has 1 heterocycles. The fraction of sp³-hybridized carbons (Fsp3) is 0.135. The minimum atomic E-state index is -3.08. The molecule has 0 aliphatic carbocycles. The van der Waals surface area contributed by atoms with Crippen molar-refractivity contribution in [3.63, 3.8) is 0 Å². The van der Waals surface area contributed by atoms with Gasteiger partial charge in [-0.25, -0.2) is 9.59 Å². The zero-order valence-electron chi connectivity index (χ0n) is 24.7. The van der Waals surface area contributed by atoms with Crippen LogP contribution in [0.3, 0.4) is 0 Å². The first-order chi connectivity index (χ1) is 22.0. The molecule has 6 nitrogen and oxygen atoms in total. The Morgan fingerprint density at radius 2 is 1.29 bits per heavy atom. The van der Waals surface area contributed by atoms with Gasteiger partial charge in [-0.1, -0.05) is 121 Å². The third-order valence-electron chi connectivity index (χ3n) is 7.48. The molecule has 0 radical (unpaired) electrons. The number of rotatable bonds is 11. The molecule has 4 aromatic carbocycles. The van der Waals surface area contributed by atoms with Crippen molar-refractivity contribution in [1.82, 2.24) is 4.90 Å². The van der Waals surface area contributed by atoms with Crippen molar-refractivity contribution in [2.45, 2.75) is 26.0 Å². The van der Waals surface area contributed by atoms with E-state index in [1.807, 2.05) is 121 Å². The Morgan fingerprint density at radius 3 is 1.73 bits per heavy atom. The molecule has 1 aliphatic heterocycles. The third kappa shape index (κ3) is 6.67. The van der Waals surface area contributed by atoms with Gasteiger partial charge in [-0.3, -0.25) is 9.69 Å². The van der Waals surface area contributed by atoms with Gasteiger partial charge in [-0.2, -0.15) is 0 Å². The summed E-state index contributed by atoms with van der Waals surface area (Å²) in [6, 6.07) is 38.1. The second-order valence-corrected chi connectivity index (χ2v) is 13.7. The molecular weight excluding hydrogens is 601 g/mol. The third-order valence-corrected chi connectivity index (χ3v) is 12.0. The van der Waals surface area contributed by atoms with Crippen molar-refractivity contribution in [3.8, 4) is 0 Å². The van der Waals surface area contributed by atoms with E-state index in [9.17, 15) is 14.4 Å². The number of hydrogen-bond acceptors (Lipinski definition) is 6. The molecule has 0 N–H and O–H groups in total. The normalized spacial score (nSPS) is 14.3. The number of esters is 2. The minimum absolute atomic E-state index is 0.0207. The topological polar surface area (TPSA) is 72.9 Å². The van der Waals surface area contributed by atoms with E-state index in [0.29, 0.717) is 5.57 Å². The number of carbonyl (C=O) groups excluding carboxylic acids is 3. The molecule has 226 valence electrons. The number of amides is 1. The summed E-state index contributed by atoms with van der Waals surface area (Å²) in [5.74, 6) is -1.41. The van der Waals surface area contributed by atoms with Crippen LogP contribution in [0.5, 0.6) is 0 Å². The van der Waals surface area contributed by atoms with Crippen molar-refractivity contribution >= 4 is 63.3 Å². The summed E-state index contributed by atoms with van der Waals surface area (Å²) in [5.41, 5.74) is 1.46. The molecule has 5 rings (SSSR count). The van der Waals surface area contributed by atoms with Gasteiger partial charge in [0.2, 0.25) is 5.91 Å². The standard InChI is InChI=1S/C37H32NO5PS/c1-2-42-35(40)24-23-29(27-45)33-25-34(39)38(33)36(37(41)43-26-28-15-7-3-8-16-28)44(30-17-9-4-10-18-30,31-19-11-5-12-20-31)32-21-13-6-14-22-32/h3-24,33H,2,25-26H2,1H3. The second kappa shape index (κ2) is 14.8. The summed E-state index contributed by atoms with van der Waals surface area (Å²) in [6.07, 6.45) is 2.86. The first kappa shape index (κ1) is 31.6. The highest BCUT2D eigenvalue weighted by Gasteiger charge is 2.48. The van der Waals surface area contributed by atoms with Gasteiger partial charge in [0.25, 0.3) is 0 Å². The zero-order chi connectivity index (χ0) is 31.6. The Kier molecular flexibility index (Phi) is 10.4. The van der Waals surface area contributed by atoms with Gasteiger partial charge in [0.05, 0.1) is 19.1 Å². The lowest BCUT2D eigenvalue weighted by atomic mass is 9.94. The van der Waals surface area contributed by atoms with Crippen LogP contribution in [0.2, 0.25) is 0 Å². The fourth-order valence-corrected chi connectivity index (χ4v) is 10.0. The van der Waals surface area contributed by atoms with Crippen molar-refractivity contribution in [2.24, 2.45) is 0 Å². The van der Waals surface area contributed by atoms with E-state index >= 15 is 0 Å². The predicted octanol–water partition coefficient (Wildman–Crippen LogP) is 5.10. The number of β-lactam (4-membered cyclic amide) rings is 1. The zero-order valence-corrected chi connectivity index (χ0v) is 26.5. The molecule has 1 unspecified atom stereocenters. The number of benzene rings is 4. The summed E-state index contributed by atoms with van der Waals surface area (Å²) >= 11 is 5.25. The van der Waals surface area contributed by atoms with Crippen LogP contribution < -0.4 is 15.9 Å². The van der Waals surface area contributed by atoms with Crippen LogP contribution in [-0.4, -0.2) is 45.8 Å². The van der Waals surface area contributed by atoms with Gasteiger partial charge in [0, 0.05) is 18.5 Å². The van der Waals surface area contributed by atoms with Crippen molar-refractivity contribution in [1.29, 1.82) is 0 Å². The molecule has 0 spiro atoms. The van der Waals surface area contributed by atoms with E-state index in [0.717, 1.165) is 21.5 Å². The Balaban J connectivity index is 1.82. The molecule has 0 bridgehead atoms. The Hall–Kier alpha value is -4.80. The first-order valence-corrected chi connectivity index (χ1v) is 16.8. The molecule has 4 aromatic rings. The quantitative estimate of drug-likeness (QED) is 0.0572. The highest BCUT2D eigenvalue weighted by atomic mass is 32.1. The molecule has 45 heavy (non-hydrogen) atoms. The molecule has 0 saturated carbocycles. The summed E-state index contributed by atoms with van der Waals surface area (Å²) in [6.45, 7) is -1.12. The fourth-order valence-electron chi connectivity index (χ4n) is 5.45. The minimum Gasteiger partial charge on any atom is -0.463 e. The van der Waals surface area contributed by atoms with Crippen molar-refractivity contribution < 1.29 is 23.9 Å². The second-order valence-electron chi connectivity index (χ2n) is 10.2. The van der Waals surface area contributed by atoms with Crippen LogP contribution in [0.15, 0.2) is 139 Å². The number of thiocarbonyl (C=S) groups is 1. The van der Waals surface area contributed by atoms with Gasteiger partial charge in [-0.15, -0.1) is 0 Å². The lowest BCUT2D eigenvalue weighted by Gasteiger charge is -2.45. The van der Waals surface area contributed by atoms with E-state index in [1.165, 1.54) is 17.1 Å². The number of hydrogen-bond donors (Lipinski definition) is 0. The molecule has 1 saturated heterocycles. The van der Waals surface area contributed by atoms with Gasteiger partial charge in [0.1, 0.15) is 12.0 Å². The van der Waals surface area contributed by atoms with E-state index < -0.39 is 24.9 Å². The van der Waals surface area contributed by atoms with Gasteiger partial charge >= 0.3 is 11.9 Å². The molecule has 1 amide bonds. The van der Waals surface area contributed by atoms with Crippen LogP contribution in [0.1, 0.15) is 18.9 Å². The van der Waals surface area contributed by atoms with E-state index in [1.54, 1.807) is 6.92 Å². The van der Waals surface area contributed by atoms with Crippen LogP contribution in [-0.2, 0) is 30.5 Å². The van der Waals surface area contributed by atoms with Crippen molar-refractivity contribution in [2.75, 3.05) is 6.61 Å². The smallest absolute Gasteiger partial charge is 0.356 e. The number of ether oxygens (including phenoxy) is 2. The maximum atomic E-state index is 14.7. The maximum absolute atomic E-state index is 14.7. The van der Waals surface area contributed by atoms with Gasteiger partial charge < -0.3 is 9.47 Å². The Bertz CT molecular complexity index is 1700. The molecule has 0 aromatic heterocycles. The van der Waals surface area contributed by atoms with E-state index in [4.69, 9.17) is 21.7 Å².